The van der Waals surface area contributed by atoms with E-state index in [-0.39, 0.29) is 11.4 Å². The minimum Gasteiger partial charge on any atom is -0.497 e. The van der Waals surface area contributed by atoms with Crippen molar-refractivity contribution >= 4 is 27.3 Å². The highest BCUT2D eigenvalue weighted by atomic mass is 32.2. The molecule has 0 fully saturated rings. The fraction of sp³-hybridized carbons (Fsp3) is 0.240. The van der Waals surface area contributed by atoms with E-state index in [1.165, 1.54) is 23.5 Å². The number of nitrogens with zero attached hydrogens (tertiary/aromatic N) is 1. The molecule has 8 heteroatoms. The predicted molar refractivity (Wildman–Crippen MR) is 128 cm³/mol. The zero-order chi connectivity index (χ0) is 23.8. The average Bonchev–Trinajstić information content (AvgIpc) is 2.77. The Labute approximate surface area is 194 Å². The number of carbonyl (C=O) groups excluding carboxylic acids is 1. The topological polar surface area (TPSA) is 84.9 Å². The number of nitrogens with one attached hydrogen (secondary N) is 1. The number of rotatable bonds is 5. The molecule has 1 N–H and O–H groups in total. The van der Waals surface area contributed by atoms with Crippen molar-refractivity contribution in [3.63, 3.8) is 0 Å². The number of methoxy groups -OCH3 is 1. The molecule has 4 rings (SSSR count). The van der Waals surface area contributed by atoms with Crippen LogP contribution in [0.2, 0.25) is 0 Å². The van der Waals surface area contributed by atoms with E-state index in [2.05, 4.69) is 5.32 Å². The lowest BCUT2D eigenvalue weighted by molar-refractivity contribution is -0.122. The van der Waals surface area contributed by atoms with E-state index < -0.39 is 22.0 Å². The van der Waals surface area contributed by atoms with Gasteiger partial charge >= 0.3 is 0 Å². The van der Waals surface area contributed by atoms with Gasteiger partial charge in [0.2, 0.25) is 0 Å². The predicted octanol–water partition coefficient (Wildman–Crippen LogP) is 4.22. The fourth-order valence-electron chi connectivity index (χ4n) is 3.87. The van der Waals surface area contributed by atoms with Crippen molar-refractivity contribution in [1.82, 2.24) is 0 Å². The second kappa shape index (κ2) is 8.78. The van der Waals surface area contributed by atoms with E-state index in [0.717, 1.165) is 16.7 Å². The maximum absolute atomic E-state index is 13.5. The van der Waals surface area contributed by atoms with Gasteiger partial charge in [-0.25, -0.2) is 8.42 Å². The van der Waals surface area contributed by atoms with E-state index in [4.69, 9.17) is 9.47 Å². The van der Waals surface area contributed by atoms with Gasteiger partial charge in [0.1, 0.15) is 11.5 Å². The Balaban J connectivity index is 1.69. The smallest absolute Gasteiger partial charge is 0.267 e. The number of fused-ring (bicyclic) bond motifs is 1. The van der Waals surface area contributed by atoms with Crippen molar-refractivity contribution in [2.75, 3.05) is 23.3 Å². The lowest BCUT2D eigenvalue weighted by Crippen LogP contribution is -2.48. The monoisotopic (exact) mass is 466 g/mol. The van der Waals surface area contributed by atoms with Crippen LogP contribution in [-0.2, 0) is 14.8 Å². The molecule has 0 radical (unpaired) electrons. The van der Waals surface area contributed by atoms with Crippen LogP contribution in [0, 0.1) is 20.8 Å². The van der Waals surface area contributed by atoms with Gasteiger partial charge in [0.05, 0.1) is 24.2 Å². The standard InChI is InChI=1S/C25H26N2O5S/c1-16-5-10-22-23(14-16)32-24(25(28)26-19-12-17(2)11-18(3)13-19)15-27(22)33(29,30)21-8-6-20(31-4)7-9-21/h5-14,24H,15H2,1-4H3,(H,26,28). The lowest BCUT2D eigenvalue weighted by atomic mass is 10.1. The number of benzene rings is 3. The third-order valence-electron chi connectivity index (χ3n) is 5.41. The minimum absolute atomic E-state index is 0.102. The van der Waals surface area contributed by atoms with Crippen molar-refractivity contribution in [3.05, 3.63) is 77.4 Å². The van der Waals surface area contributed by atoms with Crippen LogP contribution >= 0.6 is 0 Å². The summed E-state index contributed by atoms with van der Waals surface area (Å²) in [7, 11) is -2.43. The van der Waals surface area contributed by atoms with Gasteiger partial charge in [-0.15, -0.1) is 0 Å². The summed E-state index contributed by atoms with van der Waals surface area (Å²) in [4.78, 5) is 13.2. The van der Waals surface area contributed by atoms with E-state index in [0.29, 0.717) is 22.9 Å². The van der Waals surface area contributed by atoms with Gasteiger partial charge in [0.25, 0.3) is 15.9 Å². The minimum atomic E-state index is -3.95. The van der Waals surface area contributed by atoms with Gasteiger partial charge in [-0.05, 0) is 86.0 Å². The lowest BCUT2D eigenvalue weighted by Gasteiger charge is -2.35. The Bertz CT molecular complexity index is 1280. The van der Waals surface area contributed by atoms with Gasteiger partial charge in [-0.3, -0.25) is 9.10 Å². The van der Waals surface area contributed by atoms with Crippen LogP contribution in [0.25, 0.3) is 0 Å². The molecule has 3 aromatic rings. The van der Waals surface area contributed by atoms with Crippen LogP contribution in [0.4, 0.5) is 11.4 Å². The molecule has 0 saturated carbocycles. The Morgan fingerprint density at radius 3 is 2.27 bits per heavy atom. The number of aryl methyl sites for hydroxylation is 3. The molecular weight excluding hydrogens is 440 g/mol. The summed E-state index contributed by atoms with van der Waals surface area (Å²) in [5.41, 5.74) is 3.96. The SMILES string of the molecule is COc1ccc(S(=O)(=O)N2CC(C(=O)Nc3cc(C)cc(C)c3)Oc3cc(C)ccc32)cc1. The molecule has 0 spiro atoms. The first-order valence-corrected chi connectivity index (χ1v) is 11.9. The summed E-state index contributed by atoms with van der Waals surface area (Å²) in [5.74, 6) is 0.485. The summed E-state index contributed by atoms with van der Waals surface area (Å²) in [6, 6.07) is 17.1. The van der Waals surface area contributed by atoms with Crippen LogP contribution in [0.15, 0.2) is 65.6 Å². The van der Waals surface area contributed by atoms with E-state index in [1.54, 1.807) is 24.3 Å². The number of hydrogen-bond donors (Lipinski definition) is 1. The van der Waals surface area contributed by atoms with Gasteiger partial charge in [-0.1, -0.05) is 12.1 Å². The average molecular weight is 467 g/mol. The largest absolute Gasteiger partial charge is 0.497 e. The number of anilines is 2. The molecule has 0 aliphatic carbocycles. The summed E-state index contributed by atoms with van der Waals surface area (Å²) in [6.45, 7) is 5.62. The first-order valence-electron chi connectivity index (χ1n) is 10.5. The number of carbonyl (C=O) groups is 1. The second-order valence-electron chi connectivity index (χ2n) is 8.15. The number of hydrogen-bond acceptors (Lipinski definition) is 5. The van der Waals surface area contributed by atoms with Crippen LogP contribution < -0.4 is 19.1 Å². The van der Waals surface area contributed by atoms with Crippen LogP contribution in [0.5, 0.6) is 11.5 Å². The first-order chi connectivity index (χ1) is 15.7. The second-order valence-corrected chi connectivity index (χ2v) is 10.0. The van der Waals surface area contributed by atoms with Crippen molar-refractivity contribution < 1.29 is 22.7 Å². The molecule has 0 aromatic heterocycles. The molecule has 1 aliphatic rings. The summed E-state index contributed by atoms with van der Waals surface area (Å²) >= 11 is 0. The summed E-state index contributed by atoms with van der Waals surface area (Å²) in [5, 5.41) is 2.86. The van der Waals surface area contributed by atoms with E-state index in [9.17, 15) is 13.2 Å². The Kier molecular flexibility index (Phi) is 6.03. The molecule has 7 nitrogen and oxygen atoms in total. The van der Waals surface area contributed by atoms with Crippen molar-refractivity contribution in [1.29, 1.82) is 0 Å². The van der Waals surface area contributed by atoms with Crippen molar-refractivity contribution in [2.24, 2.45) is 0 Å². The quantitative estimate of drug-likeness (QED) is 0.609. The van der Waals surface area contributed by atoms with Crippen molar-refractivity contribution in [3.8, 4) is 11.5 Å². The van der Waals surface area contributed by atoms with Gasteiger partial charge in [0, 0.05) is 5.69 Å². The van der Waals surface area contributed by atoms with Crippen LogP contribution in [0.1, 0.15) is 16.7 Å². The molecule has 1 unspecified atom stereocenters. The number of ether oxygens (including phenoxy) is 2. The zero-order valence-electron chi connectivity index (χ0n) is 19.0. The normalized spacial score (nSPS) is 15.4. The molecule has 1 aliphatic heterocycles. The number of amides is 1. The van der Waals surface area contributed by atoms with Crippen LogP contribution in [0.3, 0.4) is 0 Å². The molecule has 0 saturated heterocycles. The molecule has 1 heterocycles. The molecule has 0 bridgehead atoms. The molecule has 1 atom stereocenters. The Morgan fingerprint density at radius 2 is 1.64 bits per heavy atom. The van der Waals surface area contributed by atoms with E-state index in [1.807, 2.05) is 45.0 Å². The summed E-state index contributed by atoms with van der Waals surface area (Å²) in [6.07, 6.45) is -1.02. The zero-order valence-corrected chi connectivity index (χ0v) is 19.8. The highest BCUT2D eigenvalue weighted by molar-refractivity contribution is 7.92. The highest BCUT2D eigenvalue weighted by Gasteiger charge is 2.37. The number of sulfonamides is 1. The molecule has 33 heavy (non-hydrogen) atoms. The Morgan fingerprint density at radius 1 is 0.970 bits per heavy atom. The summed E-state index contributed by atoms with van der Waals surface area (Å²) < 4.78 is 39.4. The van der Waals surface area contributed by atoms with Crippen molar-refractivity contribution in [2.45, 2.75) is 31.8 Å². The highest BCUT2D eigenvalue weighted by Crippen LogP contribution is 2.38. The third kappa shape index (κ3) is 4.66. The molecule has 172 valence electrons. The third-order valence-corrected chi connectivity index (χ3v) is 7.21. The van der Waals surface area contributed by atoms with Gasteiger partial charge < -0.3 is 14.8 Å². The van der Waals surface area contributed by atoms with Crippen LogP contribution in [-0.4, -0.2) is 34.1 Å². The fourth-order valence-corrected chi connectivity index (χ4v) is 5.35. The molecule has 1 amide bonds. The molecular formula is C25H26N2O5S. The Hall–Kier alpha value is -3.52. The maximum atomic E-state index is 13.5. The first kappa shape index (κ1) is 22.7. The maximum Gasteiger partial charge on any atom is 0.267 e. The molecule has 3 aromatic carbocycles. The van der Waals surface area contributed by atoms with Gasteiger partial charge in [-0.2, -0.15) is 0 Å². The van der Waals surface area contributed by atoms with E-state index >= 15 is 0 Å². The van der Waals surface area contributed by atoms with Gasteiger partial charge in [0.15, 0.2) is 6.10 Å².